The second-order valence-corrected chi connectivity index (χ2v) is 8.84. The van der Waals surface area contributed by atoms with Crippen molar-refractivity contribution in [2.75, 3.05) is 28.6 Å². The Kier molecular flexibility index (Phi) is 5.12. The molecule has 4 rings (SSSR count). The zero-order valence-corrected chi connectivity index (χ0v) is 17.9. The summed E-state index contributed by atoms with van der Waals surface area (Å²) in [6.07, 6.45) is 1.46. The number of para-hydroxylation sites is 2. The standard InChI is InChI=1S/C25H31N3O/c1-5-28(6-2)18-13-11-17(12-14-18)24-23-21(15-25(3,4)16-22(23)29)26-19-9-7-8-10-20(19)27-24/h7-14,24,26-27H,5-6,15-16H2,1-4H3/t24-/m1/s1. The molecular formula is C25H31N3O. The van der Waals surface area contributed by atoms with Crippen LogP contribution in [0.1, 0.15) is 52.1 Å². The average Bonchev–Trinajstić information content (AvgIpc) is 2.85. The number of carbonyl (C=O) groups is 1. The van der Waals surface area contributed by atoms with Gasteiger partial charge in [0.1, 0.15) is 0 Å². The number of rotatable bonds is 4. The van der Waals surface area contributed by atoms with Crippen molar-refractivity contribution in [1.82, 2.24) is 0 Å². The zero-order valence-electron chi connectivity index (χ0n) is 17.9. The summed E-state index contributed by atoms with van der Waals surface area (Å²) in [5.74, 6) is 0.238. The third kappa shape index (κ3) is 3.76. The van der Waals surface area contributed by atoms with E-state index in [1.165, 1.54) is 5.69 Å². The van der Waals surface area contributed by atoms with Gasteiger partial charge in [0, 0.05) is 36.5 Å². The number of nitrogens with zero attached hydrogens (tertiary/aromatic N) is 1. The summed E-state index contributed by atoms with van der Waals surface area (Å²) in [5.41, 5.74) is 6.33. The highest BCUT2D eigenvalue weighted by Gasteiger charge is 2.38. The first-order chi connectivity index (χ1) is 13.9. The molecule has 2 aliphatic rings. The van der Waals surface area contributed by atoms with Crippen molar-refractivity contribution in [3.8, 4) is 0 Å². The number of benzene rings is 2. The minimum atomic E-state index is -0.143. The van der Waals surface area contributed by atoms with Crippen LogP contribution < -0.4 is 15.5 Å². The number of anilines is 3. The summed E-state index contributed by atoms with van der Waals surface area (Å²) in [4.78, 5) is 15.6. The largest absolute Gasteiger partial charge is 0.372 e. The van der Waals surface area contributed by atoms with Crippen molar-refractivity contribution in [3.63, 3.8) is 0 Å². The number of carbonyl (C=O) groups excluding carboxylic acids is 1. The first-order valence-electron chi connectivity index (χ1n) is 10.7. The molecule has 0 aromatic heterocycles. The van der Waals surface area contributed by atoms with Crippen LogP contribution >= 0.6 is 0 Å². The molecule has 152 valence electrons. The van der Waals surface area contributed by atoms with Crippen molar-refractivity contribution >= 4 is 22.8 Å². The fraction of sp³-hybridized carbons (Fsp3) is 0.400. The molecule has 4 nitrogen and oxygen atoms in total. The third-order valence-electron chi connectivity index (χ3n) is 6.08. The van der Waals surface area contributed by atoms with E-state index in [-0.39, 0.29) is 17.2 Å². The molecule has 2 aromatic rings. The Labute approximate surface area is 174 Å². The normalized spacial score (nSPS) is 20.1. The van der Waals surface area contributed by atoms with E-state index < -0.39 is 0 Å². The molecule has 0 spiro atoms. The van der Waals surface area contributed by atoms with Crippen molar-refractivity contribution in [2.45, 2.75) is 46.6 Å². The van der Waals surface area contributed by atoms with Gasteiger partial charge in [0.05, 0.1) is 17.4 Å². The van der Waals surface area contributed by atoms with Crippen molar-refractivity contribution in [3.05, 3.63) is 65.4 Å². The van der Waals surface area contributed by atoms with Crippen LogP contribution in [0.25, 0.3) is 0 Å². The Morgan fingerprint density at radius 2 is 1.62 bits per heavy atom. The van der Waals surface area contributed by atoms with Gasteiger partial charge in [-0.25, -0.2) is 0 Å². The summed E-state index contributed by atoms with van der Waals surface area (Å²) >= 11 is 0. The molecule has 2 N–H and O–H groups in total. The number of fused-ring (bicyclic) bond motifs is 1. The molecule has 1 heterocycles. The maximum atomic E-state index is 13.3. The molecule has 0 bridgehead atoms. The van der Waals surface area contributed by atoms with Crippen molar-refractivity contribution < 1.29 is 4.79 Å². The van der Waals surface area contributed by atoms with E-state index >= 15 is 0 Å². The molecule has 0 saturated heterocycles. The van der Waals surface area contributed by atoms with Crippen LogP contribution in [-0.2, 0) is 4.79 Å². The topological polar surface area (TPSA) is 44.4 Å². The van der Waals surface area contributed by atoms with E-state index in [2.05, 4.69) is 79.6 Å². The second-order valence-electron chi connectivity index (χ2n) is 8.84. The first-order valence-corrected chi connectivity index (χ1v) is 10.7. The highest BCUT2D eigenvalue weighted by molar-refractivity contribution is 6.01. The van der Waals surface area contributed by atoms with E-state index in [1.54, 1.807) is 0 Å². The molecule has 0 radical (unpaired) electrons. The summed E-state index contributed by atoms with van der Waals surface area (Å²) in [5, 5.41) is 7.24. The van der Waals surface area contributed by atoms with Crippen LogP contribution in [0.4, 0.5) is 17.1 Å². The number of hydrogen-bond acceptors (Lipinski definition) is 4. The summed E-state index contributed by atoms with van der Waals surface area (Å²) < 4.78 is 0. The quantitative estimate of drug-likeness (QED) is 0.698. The van der Waals surface area contributed by atoms with Crippen LogP contribution in [0.5, 0.6) is 0 Å². The third-order valence-corrected chi connectivity index (χ3v) is 6.08. The van der Waals surface area contributed by atoms with E-state index in [0.717, 1.165) is 47.7 Å². The molecule has 0 unspecified atom stereocenters. The van der Waals surface area contributed by atoms with E-state index in [9.17, 15) is 4.79 Å². The van der Waals surface area contributed by atoms with Crippen LogP contribution in [0.2, 0.25) is 0 Å². The van der Waals surface area contributed by atoms with Gasteiger partial charge in [-0.1, -0.05) is 38.1 Å². The average molecular weight is 390 g/mol. The van der Waals surface area contributed by atoms with Gasteiger partial charge in [-0.3, -0.25) is 4.79 Å². The summed E-state index contributed by atoms with van der Waals surface area (Å²) in [7, 11) is 0. The van der Waals surface area contributed by atoms with Gasteiger partial charge in [0.2, 0.25) is 0 Å². The number of nitrogens with one attached hydrogen (secondary N) is 2. The summed E-state index contributed by atoms with van der Waals surface area (Å²) in [6.45, 7) is 10.7. The molecule has 1 aliphatic carbocycles. The Morgan fingerprint density at radius 1 is 0.966 bits per heavy atom. The number of ketones is 1. The number of allylic oxidation sites excluding steroid dienone is 1. The molecule has 2 aromatic carbocycles. The lowest BCUT2D eigenvalue weighted by Crippen LogP contribution is -2.31. The number of Topliss-reactive ketones (excluding diaryl/α,β-unsaturated/α-hetero) is 1. The second kappa shape index (κ2) is 7.58. The van der Waals surface area contributed by atoms with Gasteiger partial charge in [-0.15, -0.1) is 0 Å². The van der Waals surface area contributed by atoms with Gasteiger partial charge in [0.25, 0.3) is 0 Å². The molecule has 29 heavy (non-hydrogen) atoms. The lowest BCUT2D eigenvalue weighted by atomic mass is 9.73. The monoisotopic (exact) mass is 389 g/mol. The minimum absolute atomic E-state index is 0.0284. The summed E-state index contributed by atoms with van der Waals surface area (Å²) in [6, 6.07) is 16.7. The Morgan fingerprint density at radius 3 is 2.28 bits per heavy atom. The molecule has 1 aliphatic heterocycles. The predicted molar refractivity (Wildman–Crippen MR) is 121 cm³/mol. The van der Waals surface area contributed by atoms with Crippen LogP contribution in [0, 0.1) is 5.41 Å². The lowest BCUT2D eigenvalue weighted by Gasteiger charge is -2.34. The Hall–Kier alpha value is -2.75. The van der Waals surface area contributed by atoms with Crippen molar-refractivity contribution in [1.29, 1.82) is 0 Å². The van der Waals surface area contributed by atoms with Gasteiger partial charge >= 0.3 is 0 Å². The zero-order chi connectivity index (χ0) is 20.6. The maximum absolute atomic E-state index is 13.3. The minimum Gasteiger partial charge on any atom is -0.372 e. The van der Waals surface area contributed by atoms with Gasteiger partial charge in [-0.05, 0) is 55.5 Å². The predicted octanol–water partition coefficient (Wildman–Crippen LogP) is 5.75. The van der Waals surface area contributed by atoms with Crippen LogP contribution in [0.3, 0.4) is 0 Å². The fourth-order valence-electron chi connectivity index (χ4n) is 4.61. The Bertz CT molecular complexity index is 939. The molecule has 0 amide bonds. The van der Waals surface area contributed by atoms with E-state index in [4.69, 9.17) is 0 Å². The highest BCUT2D eigenvalue weighted by Crippen LogP contribution is 2.45. The molecule has 4 heteroatoms. The number of hydrogen-bond donors (Lipinski definition) is 2. The molecule has 1 atom stereocenters. The SMILES string of the molecule is CCN(CC)c1ccc([C@H]2Nc3ccccc3NC3=C2C(=O)CC(C)(C)C3)cc1. The van der Waals surface area contributed by atoms with E-state index in [1.807, 2.05) is 12.1 Å². The van der Waals surface area contributed by atoms with Gasteiger partial charge < -0.3 is 15.5 Å². The smallest absolute Gasteiger partial charge is 0.163 e. The first kappa shape index (κ1) is 19.6. The Balaban J connectivity index is 1.79. The molecular weight excluding hydrogens is 358 g/mol. The van der Waals surface area contributed by atoms with Crippen LogP contribution in [0.15, 0.2) is 59.8 Å². The fourth-order valence-corrected chi connectivity index (χ4v) is 4.61. The van der Waals surface area contributed by atoms with Gasteiger partial charge in [0.15, 0.2) is 5.78 Å². The highest BCUT2D eigenvalue weighted by atomic mass is 16.1. The van der Waals surface area contributed by atoms with Crippen LogP contribution in [-0.4, -0.2) is 18.9 Å². The maximum Gasteiger partial charge on any atom is 0.163 e. The lowest BCUT2D eigenvalue weighted by molar-refractivity contribution is -0.118. The molecule has 0 saturated carbocycles. The van der Waals surface area contributed by atoms with Crippen molar-refractivity contribution in [2.24, 2.45) is 5.41 Å². The van der Waals surface area contributed by atoms with E-state index in [0.29, 0.717) is 6.42 Å². The molecule has 0 fully saturated rings. The van der Waals surface area contributed by atoms with Gasteiger partial charge in [-0.2, -0.15) is 0 Å².